The quantitative estimate of drug-likeness (QED) is 0.640. The number of benzene rings is 1. The highest BCUT2D eigenvalue weighted by molar-refractivity contribution is 6.30. The largest absolute Gasteiger partial charge is 0.481 e. The van der Waals surface area contributed by atoms with Crippen molar-refractivity contribution < 1.29 is 19.8 Å². The lowest BCUT2D eigenvalue weighted by Crippen LogP contribution is -2.39. The first-order valence-corrected chi connectivity index (χ1v) is 6.71. The Morgan fingerprint density at radius 1 is 1.35 bits per heavy atom. The summed E-state index contributed by atoms with van der Waals surface area (Å²) in [5, 5.41) is 21.2. The molecule has 1 aromatic carbocycles. The molecule has 0 saturated carbocycles. The number of hydrogen-bond donors (Lipinski definition) is 3. The van der Waals surface area contributed by atoms with Gasteiger partial charge in [0.2, 0.25) is 0 Å². The molecule has 0 aromatic heterocycles. The predicted molar refractivity (Wildman–Crippen MR) is 76.2 cm³/mol. The van der Waals surface area contributed by atoms with Crippen LogP contribution in [0.25, 0.3) is 0 Å². The zero-order chi connectivity index (χ0) is 15.1. The van der Waals surface area contributed by atoms with Gasteiger partial charge in [-0.05, 0) is 49.6 Å². The third-order valence-corrected chi connectivity index (χ3v) is 3.22. The van der Waals surface area contributed by atoms with E-state index in [0.29, 0.717) is 24.4 Å². The Bertz CT molecular complexity index is 490. The van der Waals surface area contributed by atoms with Gasteiger partial charge in [0.1, 0.15) is 6.04 Å². The number of nitrogens with one attached hydrogen (secondary N) is 1. The second-order valence-corrected chi connectivity index (χ2v) is 5.05. The van der Waals surface area contributed by atoms with Gasteiger partial charge in [-0.3, -0.25) is 9.59 Å². The number of aryl methyl sites for hydroxylation is 1. The average Bonchev–Trinajstić information content (AvgIpc) is 2.34. The van der Waals surface area contributed by atoms with Gasteiger partial charge in [-0.25, -0.2) is 0 Å². The molecule has 0 aliphatic carbocycles. The summed E-state index contributed by atoms with van der Waals surface area (Å²) < 4.78 is 0. The molecule has 0 fully saturated rings. The van der Waals surface area contributed by atoms with Crippen LogP contribution in [0.3, 0.4) is 0 Å². The van der Waals surface area contributed by atoms with Crippen LogP contribution in [-0.2, 0) is 16.0 Å². The summed E-state index contributed by atoms with van der Waals surface area (Å²) in [5.41, 5.74) is 1.85. The number of aliphatic carboxylic acids is 2. The van der Waals surface area contributed by atoms with E-state index in [0.717, 1.165) is 11.1 Å². The van der Waals surface area contributed by atoms with Crippen molar-refractivity contribution in [3.8, 4) is 0 Å². The Morgan fingerprint density at radius 2 is 2.05 bits per heavy atom. The normalized spacial score (nSPS) is 12.1. The molecule has 0 radical (unpaired) electrons. The predicted octanol–water partition coefficient (Wildman–Crippen LogP) is 2.10. The van der Waals surface area contributed by atoms with E-state index in [1.54, 1.807) is 12.1 Å². The highest BCUT2D eigenvalue weighted by atomic mass is 35.5. The Kier molecular flexibility index (Phi) is 6.48. The van der Waals surface area contributed by atoms with Gasteiger partial charge in [-0.1, -0.05) is 17.7 Å². The van der Waals surface area contributed by atoms with Gasteiger partial charge < -0.3 is 15.5 Å². The fourth-order valence-corrected chi connectivity index (χ4v) is 2.10. The molecule has 20 heavy (non-hydrogen) atoms. The van der Waals surface area contributed by atoms with E-state index >= 15 is 0 Å². The van der Waals surface area contributed by atoms with Gasteiger partial charge in [0.05, 0.1) is 0 Å². The van der Waals surface area contributed by atoms with Crippen LogP contribution in [0.1, 0.15) is 24.0 Å². The summed E-state index contributed by atoms with van der Waals surface area (Å²) in [7, 11) is 0. The fraction of sp³-hybridized carbons (Fsp3) is 0.429. The van der Waals surface area contributed by atoms with E-state index in [4.69, 9.17) is 16.7 Å². The molecule has 1 aromatic rings. The first-order valence-electron chi connectivity index (χ1n) is 6.33. The smallest absolute Gasteiger partial charge is 0.321 e. The van der Waals surface area contributed by atoms with Gasteiger partial charge >= 0.3 is 11.9 Å². The summed E-state index contributed by atoms with van der Waals surface area (Å²) in [6, 6.07) is 4.60. The van der Waals surface area contributed by atoms with E-state index in [9.17, 15) is 14.7 Å². The first kappa shape index (κ1) is 16.5. The van der Waals surface area contributed by atoms with E-state index in [1.165, 1.54) is 0 Å². The van der Waals surface area contributed by atoms with Gasteiger partial charge in [0, 0.05) is 11.4 Å². The SMILES string of the molecule is Cc1cc(Cl)ccc1CC(NCCCC(=O)O)C(=O)O. The number of rotatable bonds is 8. The van der Waals surface area contributed by atoms with E-state index in [2.05, 4.69) is 5.32 Å². The van der Waals surface area contributed by atoms with Crippen molar-refractivity contribution in [1.82, 2.24) is 5.32 Å². The summed E-state index contributed by atoms with van der Waals surface area (Å²) in [6.45, 7) is 2.24. The van der Waals surface area contributed by atoms with Crippen molar-refractivity contribution in [2.24, 2.45) is 0 Å². The Morgan fingerprint density at radius 3 is 2.60 bits per heavy atom. The molecular weight excluding hydrogens is 282 g/mol. The zero-order valence-electron chi connectivity index (χ0n) is 11.2. The number of carbonyl (C=O) groups is 2. The zero-order valence-corrected chi connectivity index (χ0v) is 12.0. The third kappa shape index (κ3) is 5.59. The Labute approximate surface area is 122 Å². The molecule has 110 valence electrons. The van der Waals surface area contributed by atoms with Crippen LogP contribution < -0.4 is 5.32 Å². The second-order valence-electron chi connectivity index (χ2n) is 4.62. The molecule has 1 unspecified atom stereocenters. The molecule has 1 rings (SSSR count). The van der Waals surface area contributed by atoms with Crippen molar-refractivity contribution in [2.45, 2.75) is 32.2 Å². The average molecular weight is 300 g/mol. The van der Waals surface area contributed by atoms with Crippen LogP contribution in [0.2, 0.25) is 5.02 Å². The van der Waals surface area contributed by atoms with Crippen LogP contribution in [-0.4, -0.2) is 34.7 Å². The van der Waals surface area contributed by atoms with Crippen LogP contribution in [0.5, 0.6) is 0 Å². The van der Waals surface area contributed by atoms with Crippen molar-refractivity contribution in [2.75, 3.05) is 6.54 Å². The molecule has 3 N–H and O–H groups in total. The lowest BCUT2D eigenvalue weighted by Gasteiger charge is -2.15. The summed E-state index contributed by atoms with van der Waals surface area (Å²) in [5.74, 6) is -1.83. The number of carboxylic acids is 2. The van der Waals surface area contributed by atoms with E-state index < -0.39 is 18.0 Å². The van der Waals surface area contributed by atoms with Gasteiger partial charge in [-0.15, -0.1) is 0 Å². The maximum Gasteiger partial charge on any atom is 0.321 e. The van der Waals surface area contributed by atoms with E-state index in [1.807, 2.05) is 13.0 Å². The monoisotopic (exact) mass is 299 g/mol. The highest BCUT2D eigenvalue weighted by Gasteiger charge is 2.18. The molecule has 0 aliphatic heterocycles. The lowest BCUT2D eigenvalue weighted by atomic mass is 10.0. The minimum Gasteiger partial charge on any atom is -0.481 e. The lowest BCUT2D eigenvalue weighted by molar-refractivity contribution is -0.139. The van der Waals surface area contributed by atoms with Crippen molar-refractivity contribution in [3.63, 3.8) is 0 Å². The second kappa shape index (κ2) is 7.87. The maximum absolute atomic E-state index is 11.2. The molecule has 1 atom stereocenters. The molecule has 5 nitrogen and oxygen atoms in total. The minimum absolute atomic E-state index is 0.0271. The fourth-order valence-electron chi connectivity index (χ4n) is 1.87. The third-order valence-electron chi connectivity index (χ3n) is 2.98. The molecule has 6 heteroatoms. The Balaban J connectivity index is 2.58. The van der Waals surface area contributed by atoms with Gasteiger partial charge in [0.25, 0.3) is 0 Å². The maximum atomic E-state index is 11.2. The van der Waals surface area contributed by atoms with Crippen LogP contribution in [0, 0.1) is 6.92 Å². The molecule has 0 spiro atoms. The number of carboxylic acid groups (broad SMARTS) is 2. The molecule has 0 heterocycles. The van der Waals surface area contributed by atoms with Crippen molar-refractivity contribution in [3.05, 3.63) is 34.3 Å². The van der Waals surface area contributed by atoms with Crippen LogP contribution in [0.15, 0.2) is 18.2 Å². The van der Waals surface area contributed by atoms with Crippen LogP contribution in [0.4, 0.5) is 0 Å². The molecule has 0 saturated heterocycles. The number of halogens is 1. The van der Waals surface area contributed by atoms with Crippen molar-refractivity contribution in [1.29, 1.82) is 0 Å². The topological polar surface area (TPSA) is 86.6 Å². The minimum atomic E-state index is -0.949. The Hall–Kier alpha value is -1.59. The van der Waals surface area contributed by atoms with Crippen molar-refractivity contribution >= 4 is 23.5 Å². The molecule has 0 amide bonds. The molecule has 0 bridgehead atoms. The first-order chi connectivity index (χ1) is 9.40. The van der Waals surface area contributed by atoms with Crippen LogP contribution >= 0.6 is 11.6 Å². The molecular formula is C14H18ClNO4. The summed E-state index contributed by atoms with van der Waals surface area (Å²) in [4.78, 5) is 21.6. The summed E-state index contributed by atoms with van der Waals surface area (Å²) >= 11 is 5.86. The van der Waals surface area contributed by atoms with E-state index in [-0.39, 0.29) is 6.42 Å². The summed E-state index contributed by atoms with van der Waals surface area (Å²) in [6.07, 6.45) is 0.767. The number of hydrogen-bond acceptors (Lipinski definition) is 3. The highest BCUT2D eigenvalue weighted by Crippen LogP contribution is 2.16. The standard InChI is InChI=1S/C14H18ClNO4/c1-9-7-11(15)5-4-10(9)8-12(14(19)20)16-6-2-3-13(17)18/h4-5,7,12,16H,2-3,6,8H2,1H3,(H,17,18)(H,19,20). The molecule has 0 aliphatic rings. The van der Waals surface area contributed by atoms with Gasteiger partial charge in [-0.2, -0.15) is 0 Å². The van der Waals surface area contributed by atoms with Gasteiger partial charge in [0.15, 0.2) is 0 Å².